The van der Waals surface area contributed by atoms with Crippen molar-refractivity contribution in [2.45, 2.75) is 33.2 Å². The molecule has 1 aromatic rings. The molecule has 1 heterocycles. The van der Waals surface area contributed by atoms with Gasteiger partial charge in [-0.1, -0.05) is 13.0 Å². The summed E-state index contributed by atoms with van der Waals surface area (Å²) >= 11 is 1.76. The van der Waals surface area contributed by atoms with Crippen molar-refractivity contribution in [1.29, 1.82) is 0 Å². The van der Waals surface area contributed by atoms with Crippen molar-refractivity contribution in [3.63, 3.8) is 0 Å². The number of rotatable bonds is 6. The first kappa shape index (κ1) is 14.2. The van der Waals surface area contributed by atoms with Gasteiger partial charge in [0.1, 0.15) is 0 Å². The van der Waals surface area contributed by atoms with Crippen molar-refractivity contribution in [2.24, 2.45) is 5.41 Å². The Balaban J connectivity index is 2.57. The number of carbonyl (C=O) groups excluding carboxylic acids is 1. The molecular weight excluding hydrogens is 232 g/mol. The highest BCUT2D eigenvalue weighted by atomic mass is 32.1. The lowest BCUT2D eigenvalue weighted by molar-refractivity contribution is -0.128. The molecule has 96 valence electrons. The number of carbonyl (C=O) groups is 1. The maximum absolute atomic E-state index is 11.7. The molecule has 0 aliphatic heterocycles. The molecule has 17 heavy (non-hydrogen) atoms. The molecule has 1 amide bonds. The molecule has 0 spiro atoms. The van der Waals surface area contributed by atoms with Crippen LogP contribution < -0.4 is 10.6 Å². The molecule has 0 radical (unpaired) electrons. The Morgan fingerprint density at radius 1 is 1.53 bits per heavy atom. The maximum Gasteiger partial charge on any atom is 0.226 e. The summed E-state index contributed by atoms with van der Waals surface area (Å²) in [5, 5.41) is 8.27. The molecule has 1 rings (SSSR count). The van der Waals surface area contributed by atoms with E-state index in [-0.39, 0.29) is 11.3 Å². The Bertz CT molecular complexity index is 346. The zero-order valence-corrected chi connectivity index (χ0v) is 11.9. The number of hydrogen-bond donors (Lipinski definition) is 2. The van der Waals surface area contributed by atoms with Gasteiger partial charge in [0, 0.05) is 24.5 Å². The van der Waals surface area contributed by atoms with Gasteiger partial charge in [0.05, 0.1) is 5.41 Å². The fourth-order valence-corrected chi connectivity index (χ4v) is 2.62. The summed E-state index contributed by atoms with van der Waals surface area (Å²) in [5.41, 5.74) is -0.376. The Hall–Kier alpha value is -0.870. The molecule has 0 unspecified atom stereocenters. The van der Waals surface area contributed by atoms with E-state index >= 15 is 0 Å². The average molecular weight is 254 g/mol. The predicted molar refractivity (Wildman–Crippen MR) is 73.2 cm³/mol. The Morgan fingerprint density at radius 2 is 2.24 bits per heavy atom. The second-order valence-corrected chi connectivity index (χ2v) is 5.80. The van der Waals surface area contributed by atoms with Crippen LogP contribution in [0.25, 0.3) is 0 Å². The summed E-state index contributed by atoms with van der Waals surface area (Å²) in [4.78, 5) is 13.0. The normalized spacial score (nSPS) is 13.4. The quantitative estimate of drug-likeness (QED) is 0.819. The highest BCUT2D eigenvalue weighted by Crippen LogP contribution is 2.23. The van der Waals surface area contributed by atoms with Gasteiger partial charge >= 0.3 is 0 Å². The maximum atomic E-state index is 11.7. The zero-order valence-electron chi connectivity index (χ0n) is 11.0. The molecule has 0 aliphatic rings. The minimum Gasteiger partial charge on any atom is -0.359 e. The fourth-order valence-electron chi connectivity index (χ4n) is 1.73. The molecule has 0 aliphatic carbocycles. The van der Waals surface area contributed by atoms with Gasteiger partial charge in [-0.2, -0.15) is 0 Å². The van der Waals surface area contributed by atoms with Crippen LogP contribution in [-0.2, 0) is 4.79 Å². The van der Waals surface area contributed by atoms with Gasteiger partial charge in [-0.3, -0.25) is 4.79 Å². The number of thiophene rings is 1. The monoisotopic (exact) mass is 254 g/mol. The first-order valence-electron chi connectivity index (χ1n) is 6.00. The van der Waals surface area contributed by atoms with Crippen LogP contribution in [0, 0.1) is 5.41 Å². The summed E-state index contributed by atoms with van der Waals surface area (Å²) in [7, 11) is 1.68. The summed E-state index contributed by atoms with van der Waals surface area (Å²) in [6.07, 6.45) is 1.03. The molecule has 1 aromatic heterocycles. The van der Waals surface area contributed by atoms with E-state index < -0.39 is 0 Å². The van der Waals surface area contributed by atoms with E-state index in [9.17, 15) is 4.79 Å². The van der Waals surface area contributed by atoms with Crippen LogP contribution in [0.1, 0.15) is 38.1 Å². The van der Waals surface area contributed by atoms with Gasteiger partial charge < -0.3 is 10.6 Å². The minimum atomic E-state index is -0.376. The van der Waals surface area contributed by atoms with Crippen LogP contribution in [0.2, 0.25) is 0 Å². The summed E-state index contributed by atoms with van der Waals surface area (Å²) < 4.78 is 0. The minimum absolute atomic E-state index is 0.0750. The second kappa shape index (κ2) is 6.17. The summed E-state index contributed by atoms with van der Waals surface area (Å²) in [6.45, 7) is 6.76. The zero-order chi connectivity index (χ0) is 12.9. The van der Waals surface area contributed by atoms with Crippen LogP contribution in [0.3, 0.4) is 0 Å². The third-order valence-corrected chi connectivity index (χ3v) is 3.91. The van der Waals surface area contributed by atoms with Crippen molar-refractivity contribution in [3.8, 4) is 0 Å². The standard InChI is InChI=1S/C13H22N2OS/c1-5-10(11-7-6-8-17-11)15-9-13(2,3)12(16)14-4/h6-8,10,15H,5,9H2,1-4H3,(H,14,16)/t10-/m0/s1. The van der Waals surface area contributed by atoms with Crippen molar-refractivity contribution in [3.05, 3.63) is 22.4 Å². The van der Waals surface area contributed by atoms with Gasteiger partial charge in [0.25, 0.3) is 0 Å². The van der Waals surface area contributed by atoms with Crippen molar-refractivity contribution in [1.82, 2.24) is 10.6 Å². The predicted octanol–water partition coefficient (Wildman–Crippen LogP) is 2.56. The van der Waals surface area contributed by atoms with Gasteiger partial charge in [0.15, 0.2) is 0 Å². The third kappa shape index (κ3) is 3.82. The lowest BCUT2D eigenvalue weighted by atomic mass is 9.92. The number of nitrogens with one attached hydrogen (secondary N) is 2. The molecule has 2 N–H and O–H groups in total. The SMILES string of the molecule is CC[C@H](NCC(C)(C)C(=O)NC)c1cccs1. The first-order chi connectivity index (χ1) is 8.01. The molecule has 0 fully saturated rings. The largest absolute Gasteiger partial charge is 0.359 e. The van der Waals surface area contributed by atoms with Crippen LogP contribution in [0.5, 0.6) is 0 Å². The van der Waals surface area contributed by atoms with Crippen molar-refractivity contribution >= 4 is 17.2 Å². The Kier molecular flexibility index (Phi) is 5.15. The third-order valence-electron chi connectivity index (χ3n) is 2.93. The first-order valence-corrected chi connectivity index (χ1v) is 6.88. The highest BCUT2D eigenvalue weighted by Gasteiger charge is 2.27. The van der Waals surface area contributed by atoms with E-state index in [4.69, 9.17) is 0 Å². The molecule has 3 nitrogen and oxygen atoms in total. The molecule has 0 saturated carbocycles. The van der Waals surface area contributed by atoms with Gasteiger partial charge in [0.2, 0.25) is 5.91 Å². The number of hydrogen-bond acceptors (Lipinski definition) is 3. The lowest BCUT2D eigenvalue weighted by Gasteiger charge is -2.26. The number of amides is 1. The van der Waals surface area contributed by atoms with Crippen LogP contribution >= 0.6 is 11.3 Å². The van der Waals surface area contributed by atoms with Crippen molar-refractivity contribution < 1.29 is 4.79 Å². The Morgan fingerprint density at radius 3 is 2.71 bits per heavy atom. The van der Waals surface area contributed by atoms with Crippen molar-refractivity contribution in [2.75, 3.05) is 13.6 Å². The molecule has 0 aromatic carbocycles. The highest BCUT2D eigenvalue weighted by molar-refractivity contribution is 7.10. The topological polar surface area (TPSA) is 41.1 Å². The summed E-state index contributed by atoms with van der Waals surface area (Å²) in [6, 6.07) is 4.55. The van der Waals surface area contributed by atoms with E-state index in [1.54, 1.807) is 18.4 Å². The molecule has 0 saturated heterocycles. The van der Waals surface area contributed by atoms with E-state index in [1.807, 2.05) is 13.8 Å². The molecule has 1 atom stereocenters. The molecule has 4 heteroatoms. The van der Waals surface area contributed by atoms with Crippen LogP contribution in [0.4, 0.5) is 0 Å². The molecular formula is C13H22N2OS. The van der Waals surface area contributed by atoms with Crippen LogP contribution in [-0.4, -0.2) is 19.5 Å². The van der Waals surface area contributed by atoms with E-state index in [0.29, 0.717) is 12.6 Å². The average Bonchev–Trinajstić information content (AvgIpc) is 2.82. The van der Waals surface area contributed by atoms with Gasteiger partial charge in [-0.25, -0.2) is 0 Å². The van der Waals surface area contributed by atoms with E-state index in [0.717, 1.165) is 6.42 Å². The van der Waals surface area contributed by atoms with Crippen LogP contribution in [0.15, 0.2) is 17.5 Å². The lowest BCUT2D eigenvalue weighted by Crippen LogP contribution is -2.42. The fraction of sp³-hybridized carbons (Fsp3) is 0.615. The van der Waals surface area contributed by atoms with Gasteiger partial charge in [-0.15, -0.1) is 11.3 Å². The van der Waals surface area contributed by atoms with E-state index in [2.05, 4.69) is 35.1 Å². The second-order valence-electron chi connectivity index (χ2n) is 4.82. The molecule has 0 bridgehead atoms. The Labute approximate surface area is 108 Å². The summed E-state index contributed by atoms with van der Waals surface area (Å²) in [5.74, 6) is 0.0750. The smallest absolute Gasteiger partial charge is 0.226 e. The van der Waals surface area contributed by atoms with Gasteiger partial charge in [-0.05, 0) is 31.7 Å². The van der Waals surface area contributed by atoms with E-state index in [1.165, 1.54) is 4.88 Å².